The van der Waals surface area contributed by atoms with E-state index in [0.717, 1.165) is 12.5 Å². The van der Waals surface area contributed by atoms with Crippen LogP contribution in [0.1, 0.15) is 0 Å². The lowest BCUT2D eigenvalue weighted by atomic mass is 11.0. The van der Waals surface area contributed by atoms with Gasteiger partial charge in [-0.2, -0.15) is 11.8 Å². The molecular formula is C24H64N2O4P2S3. The average molecular weight is 603 g/mol. The summed E-state index contributed by atoms with van der Waals surface area (Å²) in [4.78, 5) is 5.25. The summed E-state index contributed by atoms with van der Waals surface area (Å²) < 4.78 is 33.1. The van der Waals surface area contributed by atoms with Gasteiger partial charge >= 0.3 is 0 Å². The third-order valence-corrected chi connectivity index (χ3v) is 0. The van der Waals surface area contributed by atoms with Gasteiger partial charge in [-0.05, 0) is 80.4 Å². The lowest BCUT2D eigenvalue weighted by Crippen LogP contribution is -1.99. The van der Waals surface area contributed by atoms with Gasteiger partial charge in [-0.25, -0.2) is 8.42 Å². The zero-order valence-electron chi connectivity index (χ0n) is 26.6. The van der Waals surface area contributed by atoms with Crippen molar-refractivity contribution in [2.24, 2.45) is 4.99 Å². The highest BCUT2D eigenvalue weighted by Gasteiger charge is 1.79. The minimum atomic E-state index is -2.67. The van der Waals surface area contributed by atoms with Gasteiger partial charge in [0.1, 0.15) is 9.84 Å². The van der Waals surface area contributed by atoms with Crippen molar-refractivity contribution >= 4 is 60.2 Å². The topological polar surface area (TPSA) is 76.0 Å². The fraction of sp³-hybridized carbons (Fsp3) is 0.750. The van der Waals surface area contributed by atoms with Crippen molar-refractivity contribution in [3.63, 3.8) is 0 Å². The second-order valence-corrected chi connectivity index (χ2v) is 19.8. The van der Waals surface area contributed by atoms with Crippen LogP contribution in [0.4, 0.5) is 0 Å². The Kier molecular flexibility index (Phi) is 119. The Morgan fingerprint density at radius 2 is 0.971 bits per heavy atom. The van der Waals surface area contributed by atoms with Crippen LogP contribution in [0.2, 0.25) is 0 Å². The van der Waals surface area contributed by atoms with Crippen LogP contribution >= 0.6 is 26.6 Å². The first-order valence-corrected chi connectivity index (χ1v) is 21.6. The predicted molar refractivity (Wildman–Crippen MR) is 186 cm³/mol. The van der Waals surface area contributed by atoms with Crippen LogP contribution in [0.3, 0.4) is 0 Å². The number of sulfone groups is 1. The fourth-order valence-electron chi connectivity index (χ4n) is 0. The summed E-state index contributed by atoms with van der Waals surface area (Å²) in [5, 5.41) is 0. The summed E-state index contributed by atoms with van der Waals surface area (Å²) in [6, 6.07) is 0. The molecule has 0 aliphatic carbocycles. The number of nitrogens with zero attached hydrogens (tertiary/aromatic N) is 2. The van der Waals surface area contributed by atoms with Crippen LogP contribution in [0.25, 0.3) is 0 Å². The number of methoxy groups -OCH3 is 1. The molecule has 0 aromatic rings. The molecule has 0 heterocycles. The summed E-state index contributed by atoms with van der Waals surface area (Å²) >= 11 is 1.75. The number of terminal acetylenes is 1. The Morgan fingerprint density at radius 1 is 0.971 bits per heavy atom. The van der Waals surface area contributed by atoms with Crippen LogP contribution in [0, 0.1) is 12.8 Å². The van der Waals surface area contributed by atoms with Crippen molar-refractivity contribution in [1.29, 1.82) is 0 Å². The second-order valence-electron chi connectivity index (χ2n) is 7.99. The molecule has 0 atom stereocenters. The summed E-state index contributed by atoms with van der Waals surface area (Å²) in [5.74, 6) is 0. The van der Waals surface area contributed by atoms with Crippen LogP contribution in [-0.4, -0.2) is 150 Å². The van der Waals surface area contributed by atoms with Gasteiger partial charge in [0.2, 0.25) is 0 Å². The first-order chi connectivity index (χ1) is 15.4. The molecule has 0 aromatic heterocycles. The SMILES string of the molecule is C#C.C=C.C=NC.C=P(C)(C)C.CN(C)C.COC.CP(C)C.CS(C)(=O)=O.CS(C)=O.CSC. The Hall–Kier alpha value is 0.0700. The molecule has 0 unspecified atom stereocenters. The van der Waals surface area contributed by atoms with Gasteiger partial charge in [-0.15, -0.1) is 47.1 Å². The van der Waals surface area contributed by atoms with Crippen LogP contribution < -0.4 is 0 Å². The monoisotopic (exact) mass is 602 g/mol. The summed E-state index contributed by atoms with van der Waals surface area (Å²) in [6.07, 6.45) is 21.6. The molecule has 0 saturated heterocycles. The van der Waals surface area contributed by atoms with Crippen molar-refractivity contribution < 1.29 is 17.4 Å². The molecular weight excluding hydrogens is 538 g/mol. The number of aliphatic imine (C=N–C) groups is 1. The highest BCUT2D eigenvalue weighted by atomic mass is 32.2. The molecule has 0 aliphatic rings. The number of hydrogen-bond donors (Lipinski definition) is 0. The van der Waals surface area contributed by atoms with Gasteiger partial charge in [0, 0.05) is 57.1 Å². The average Bonchev–Trinajstić information content (AvgIpc) is 2.55. The highest BCUT2D eigenvalue weighted by molar-refractivity contribution is 7.97. The van der Waals surface area contributed by atoms with Crippen molar-refractivity contribution in [3.8, 4) is 12.8 Å². The fourth-order valence-corrected chi connectivity index (χ4v) is 0. The van der Waals surface area contributed by atoms with Crippen LogP contribution in [0.15, 0.2) is 18.2 Å². The van der Waals surface area contributed by atoms with Gasteiger partial charge in [0.05, 0.1) is 0 Å². The maximum atomic E-state index is 9.63. The van der Waals surface area contributed by atoms with E-state index in [1.165, 1.54) is 0 Å². The number of ether oxygens (including phenoxy) is 1. The molecule has 6 nitrogen and oxygen atoms in total. The number of thioether (sulfide) groups is 1. The molecule has 0 radical (unpaired) electrons. The van der Waals surface area contributed by atoms with Crippen LogP contribution in [0.5, 0.6) is 0 Å². The Morgan fingerprint density at radius 3 is 0.971 bits per heavy atom. The Balaban J connectivity index is -0.0000000252. The van der Waals surface area contributed by atoms with E-state index in [1.54, 1.807) is 45.5 Å². The van der Waals surface area contributed by atoms with Crippen molar-refractivity contribution in [2.75, 3.05) is 120 Å². The third-order valence-electron chi connectivity index (χ3n) is 0. The lowest BCUT2D eigenvalue weighted by molar-refractivity contribution is 0.277. The van der Waals surface area contributed by atoms with Crippen LogP contribution in [-0.2, 0) is 25.4 Å². The van der Waals surface area contributed by atoms with E-state index in [1.807, 2.05) is 38.6 Å². The summed E-state index contributed by atoms with van der Waals surface area (Å²) in [6.45, 7) is 21.7. The minimum absolute atomic E-state index is 0.380. The maximum absolute atomic E-state index is 9.63. The molecule has 0 aromatic carbocycles. The Bertz CT molecular complexity index is 474. The molecule has 11 heteroatoms. The second kappa shape index (κ2) is 64.3. The van der Waals surface area contributed by atoms with Gasteiger partial charge in [0.25, 0.3) is 0 Å². The molecule has 0 bridgehead atoms. The van der Waals surface area contributed by atoms with Crippen molar-refractivity contribution in [3.05, 3.63) is 13.2 Å². The zero-order chi connectivity index (χ0) is 31.9. The molecule has 0 spiro atoms. The number of rotatable bonds is 0. The smallest absolute Gasteiger partial charge is 0.144 e. The Labute approximate surface area is 232 Å². The summed E-state index contributed by atoms with van der Waals surface area (Å²) in [7, 11) is 7.99. The zero-order valence-corrected chi connectivity index (χ0v) is 30.9. The summed E-state index contributed by atoms with van der Waals surface area (Å²) in [5.41, 5.74) is 0. The van der Waals surface area contributed by atoms with Crippen molar-refractivity contribution in [2.45, 2.75) is 0 Å². The van der Waals surface area contributed by atoms with Crippen molar-refractivity contribution in [1.82, 2.24) is 4.90 Å². The van der Waals surface area contributed by atoms with E-state index < -0.39 is 27.5 Å². The molecule has 0 aliphatic heterocycles. The van der Waals surface area contributed by atoms with Gasteiger partial charge in [-0.3, -0.25) is 4.21 Å². The third kappa shape index (κ3) is 7150000. The molecule has 0 rings (SSSR count). The van der Waals surface area contributed by atoms with E-state index in [9.17, 15) is 12.6 Å². The molecule has 0 fully saturated rings. The maximum Gasteiger partial charge on any atom is 0.144 e. The minimum Gasteiger partial charge on any atom is -0.388 e. The highest BCUT2D eigenvalue weighted by Crippen LogP contribution is 2.27. The predicted octanol–water partition coefficient (Wildman–Crippen LogP) is 5.13. The molecule has 0 amide bonds. The quantitative estimate of drug-likeness (QED) is 0.166. The molecule has 35 heavy (non-hydrogen) atoms. The molecule has 222 valence electrons. The van der Waals surface area contributed by atoms with E-state index in [0.29, 0.717) is 7.92 Å². The first kappa shape index (κ1) is 64.8. The largest absolute Gasteiger partial charge is 0.388 e. The van der Waals surface area contributed by atoms with E-state index in [4.69, 9.17) is 0 Å². The molecule has 0 N–H and O–H groups in total. The standard InChI is InChI=1S/C4H11P.C3H9N.C3H9P.C2H5N.C2H6O2S.C2H6OS.C2H6O.C2H6S.C2H4.C2H2/c1-5(2,3)4;2*1-4(2)3;1-3-2;1-5(2,3)4;1-4(2)3;2*1-3-2;2*1-2/h1H2,2-4H3;2*1-3H3;1H2,2H3;1-2H3;1-2H3;2*1-2H3;1-2H2;1-2H. The molecule has 0 saturated carbocycles. The number of hydrogen-bond acceptors (Lipinski definition) is 7. The van der Waals surface area contributed by atoms with Gasteiger partial charge in [-0.1, -0.05) is 0 Å². The van der Waals surface area contributed by atoms with E-state index >= 15 is 0 Å². The van der Waals surface area contributed by atoms with E-state index in [-0.39, 0.29) is 0 Å². The van der Waals surface area contributed by atoms with Gasteiger partial charge < -0.3 is 14.6 Å². The van der Waals surface area contributed by atoms with E-state index in [2.05, 4.69) is 88.7 Å². The normalized spacial score (nSPS) is 7.97. The van der Waals surface area contributed by atoms with Gasteiger partial charge in [0.15, 0.2) is 0 Å². The first-order valence-electron chi connectivity index (χ1n) is 9.70. The lowest BCUT2D eigenvalue weighted by Gasteiger charge is -1.96.